The summed E-state index contributed by atoms with van der Waals surface area (Å²) in [6.07, 6.45) is 0. The number of benzene rings is 1. The molecule has 0 saturated heterocycles. The highest BCUT2D eigenvalue weighted by atomic mass is 79.9. The number of hydrogen-bond acceptors (Lipinski definition) is 3. The van der Waals surface area contributed by atoms with Gasteiger partial charge in [0, 0.05) is 11.0 Å². The molecule has 1 atom stereocenters. The normalized spacial score (nSPS) is 13.9. The van der Waals surface area contributed by atoms with E-state index in [4.69, 9.17) is 5.73 Å². The number of hydrogen-bond donors (Lipinski definition) is 1. The fourth-order valence-electron chi connectivity index (χ4n) is 0.899. The first-order valence-corrected chi connectivity index (χ1v) is 6.16. The van der Waals surface area contributed by atoms with E-state index in [2.05, 4.69) is 15.9 Å². The molecule has 1 rings (SSSR count). The second kappa shape index (κ2) is 4.37. The van der Waals surface area contributed by atoms with Crippen LogP contribution in [0.2, 0.25) is 0 Å². The van der Waals surface area contributed by atoms with Crippen molar-refractivity contribution < 1.29 is 12.8 Å². The fourth-order valence-corrected chi connectivity index (χ4v) is 2.23. The monoisotopic (exact) mass is 281 g/mol. The number of halogens is 2. The number of nitrogens with two attached hydrogens (primary N) is 1. The molecule has 78 valence electrons. The highest BCUT2D eigenvalue weighted by Gasteiger charge is 2.25. The van der Waals surface area contributed by atoms with Crippen molar-refractivity contribution >= 4 is 25.8 Å². The first kappa shape index (κ1) is 11.6. The lowest BCUT2D eigenvalue weighted by atomic mass is 10.4. The molecule has 3 nitrogen and oxygen atoms in total. The molecule has 14 heavy (non-hydrogen) atoms. The Morgan fingerprint density at radius 1 is 1.36 bits per heavy atom. The quantitative estimate of drug-likeness (QED) is 0.913. The minimum atomic E-state index is -3.92. The predicted molar refractivity (Wildman–Crippen MR) is 55.3 cm³/mol. The van der Waals surface area contributed by atoms with Gasteiger partial charge in [-0.15, -0.1) is 0 Å². The Labute approximate surface area is 90.2 Å². The first-order valence-electron chi connectivity index (χ1n) is 3.82. The summed E-state index contributed by atoms with van der Waals surface area (Å²) >= 11 is 3.15. The smallest absolute Gasteiger partial charge is 0.217 e. The summed E-state index contributed by atoms with van der Waals surface area (Å²) in [4.78, 5) is -0.0568. The van der Waals surface area contributed by atoms with E-state index in [1.807, 2.05) is 0 Å². The molecule has 1 unspecified atom stereocenters. The highest BCUT2D eigenvalue weighted by molar-refractivity contribution is 9.10. The van der Waals surface area contributed by atoms with Crippen LogP contribution < -0.4 is 5.73 Å². The van der Waals surface area contributed by atoms with Crippen LogP contribution in [-0.2, 0) is 9.84 Å². The van der Waals surface area contributed by atoms with Crippen molar-refractivity contribution in [1.82, 2.24) is 0 Å². The molecule has 0 fully saturated rings. The van der Waals surface area contributed by atoms with E-state index in [0.29, 0.717) is 0 Å². The maximum atomic E-state index is 13.0. The van der Waals surface area contributed by atoms with Crippen LogP contribution in [0.3, 0.4) is 0 Å². The zero-order chi connectivity index (χ0) is 10.8. The van der Waals surface area contributed by atoms with Gasteiger partial charge in [0.05, 0.1) is 4.90 Å². The van der Waals surface area contributed by atoms with Gasteiger partial charge < -0.3 is 5.73 Å². The van der Waals surface area contributed by atoms with Gasteiger partial charge in [0.25, 0.3) is 0 Å². The molecule has 0 aliphatic carbocycles. The van der Waals surface area contributed by atoms with Crippen LogP contribution in [0.5, 0.6) is 0 Å². The molecule has 0 bridgehead atoms. The summed E-state index contributed by atoms with van der Waals surface area (Å²) in [5.74, 6) is 0. The lowest BCUT2D eigenvalue weighted by molar-refractivity contribution is 0.425. The summed E-state index contributed by atoms with van der Waals surface area (Å²) < 4.78 is 36.5. The van der Waals surface area contributed by atoms with Crippen molar-refractivity contribution in [2.45, 2.75) is 10.4 Å². The van der Waals surface area contributed by atoms with Gasteiger partial charge in [-0.2, -0.15) is 0 Å². The van der Waals surface area contributed by atoms with Crippen LogP contribution in [0, 0.1) is 0 Å². The minimum absolute atomic E-state index is 0.0568. The third-order valence-corrected chi connectivity index (χ3v) is 3.99. The predicted octanol–water partition coefficient (Wildman–Crippen LogP) is 1.48. The molecule has 2 N–H and O–H groups in total. The Hall–Kier alpha value is -0.460. The van der Waals surface area contributed by atoms with Gasteiger partial charge >= 0.3 is 0 Å². The number of rotatable bonds is 3. The summed E-state index contributed by atoms with van der Waals surface area (Å²) in [6, 6.07) is 5.75. The molecule has 0 amide bonds. The molecular formula is C8H9BrFNO2S. The van der Waals surface area contributed by atoms with Crippen molar-refractivity contribution in [3.63, 3.8) is 0 Å². The molecule has 0 aliphatic rings. The van der Waals surface area contributed by atoms with E-state index >= 15 is 0 Å². The molecule has 0 aromatic heterocycles. The summed E-state index contributed by atoms with van der Waals surface area (Å²) in [7, 11) is -3.92. The lowest BCUT2D eigenvalue weighted by Crippen LogP contribution is -2.25. The zero-order valence-electron chi connectivity index (χ0n) is 7.15. The van der Waals surface area contributed by atoms with Crippen molar-refractivity contribution in [3.8, 4) is 0 Å². The molecular weight excluding hydrogens is 273 g/mol. The van der Waals surface area contributed by atoms with Crippen molar-refractivity contribution in [1.29, 1.82) is 0 Å². The van der Waals surface area contributed by atoms with Crippen LogP contribution in [0.15, 0.2) is 33.6 Å². The van der Waals surface area contributed by atoms with E-state index in [0.717, 1.165) is 4.47 Å². The lowest BCUT2D eigenvalue weighted by Gasteiger charge is -2.07. The van der Waals surface area contributed by atoms with E-state index in [9.17, 15) is 12.8 Å². The largest absolute Gasteiger partial charge is 0.327 e. The first-order chi connectivity index (χ1) is 6.48. The maximum absolute atomic E-state index is 13.0. The molecule has 0 heterocycles. The van der Waals surface area contributed by atoms with Crippen molar-refractivity contribution in [3.05, 3.63) is 28.7 Å². The minimum Gasteiger partial charge on any atom is -0.327 e. The second-order valence-corrected chi connectivity index (χ2v) is 5.63. The molecule has 0 spiro atoms. The zero-order valence-corrected chi connectivity index (χ0v) is 9.55. The Bertz CT molecular complexity index is 404. The Balaban J connectivity index is 3.11. The average molecular weight is 282 g/mol. The van der Waals surface area contributed by atoms with Gasteiger partial charge in [-0.1, -0.05) is 15.9 Å². The van der Waals surface area contributed by atoms with E-state index in [1.165, 1.54) is 24.3 Å². The van der Waals surface area contributed by atoms with Crippen LogP contribution in [-0.4, -0.2) is 20.5 Å². The third-order valence-electron chi connectivity index (χ3n) is 1.66. The standard InChI is InChI=1S/C8H9BrFNO2S/c9-6-1-3-7(4-2-6)14(12,13)8(10)5-11/h1-4,8H,5,11H2. The van der Waals surface area contributed by atoms with Crippen molar-refractivity contribution in [2.75, 3.05) is 6.54 Å². The Morgan fingerprint density at radius 2 is 1.86 bits per heavy atom. The average Bonchev–Trinajstić information content (AvgIpc) is 2.17. The van der Waals surface area contributed by atoms with E-state index < -0.39 is 21.9 Å². The summed E-state index contributed by atoms with van der Waals surface area (Å²) in [5.41, 5.74) is 2.92. The van der Waals surface area contributed by atoms with Crippen LogP contribution in [0.4, 0.5) is 4.39 Å². The maximum Gasteiger partial charge on any atom is 0.217 e. The van der Waals surface area contributed by atoms with Crippen LogP contribution in [0.25, 0.3) is 0 Å². The van der Waals surface area contributed by atoms with Crippen molar-refractivity contribution in [2.24, 2.45) is 5.73 Å². The van der Waals surface area contributed by atoms with Gasteiger partial charge in [0.1, 0.15) is 0 Å². The molecule has 6 heteroatoms. The van der Waals surface area contributed by atoms with E-state index in [-0.39, 0.29) is 4.90 Å². The fraction of sp³-hybridized carbons (Fsp3) is 0.250. The molecule has 1 aromatic rings. The highest BCUT2D eigenvalue weighted by Crippen LogP contribution is 2.19. The topological polar surface area (TPSA) is 60.2 Å². The Kier molecular flexibility index (Phi) is 3.63. The summed E-state index contributed by atoms with van der Waals surface area (Å²) in [5, 5.41) is 0. The van der Waals surface area contributed by atoms with Crippen LogP contribution in [0.1, 0.15) is 0 Å². The summed E-state index contributed by atoms with van der Waals surface area (Å²) in [6.45, 7) is -0.529. The second-order valence-electron chi connectivity index (χ2n) is 2.64. The van der Waals surface area contributed by atoms with Gasteiger partial charge in [0.15, 0.2) is 0 Å². The Morgan fingerprint density at radius 3 is 2.29 bits per heavy atom. The molecule has 0 aliphatic heterocycles. The van der Waals surface area contributed by atoms with Gasteiger partial charge in [-0.25, -0.2) is 12.8 Å². The third kappa shape index (κ3) is 2.31. The number of alkyl halides is 1. The molecule has 0 saturated carbocycles. The van der Waals surface area contributed by atoms with Gasteiger partial charge in [-0.3, -0.25) is 0 Å². The van der Waals surface area contributed by atoms with E-state index in [1.54, 1.807) is 0 Å². The molecule has 1 aromatic carbocycles. The number of sulfone groups is 1. The molecule has 0 radical (unpaired) electrons. The van der Waals surface area contributed by atoms with Crippen LogP contribution >= 0.6 is 15.9 Å². The SMILES string of the molecule is NCC(F)S(=O)(=O)c1ccc(Br)cc1. The van der Waals surface area contributed by atoms with Gasteiger partial charge in [0.2, 0.25) is 15.3 Å². The van der Waals surface area contributed by atoms with Gasteiger partial charge in [-0.05, 0) is 24.3 Å².